The summed E-state index contributed by atoms with van der Waals surface area (Å²) >= 11 is 4.93. The summed E-state index contributed by atoms with van der Waals surface area (Å²) in [4.78, 5) is 27.5. The van der Waals surface area contributed by atoms with Crippen LogP contribution in [0.1, 0.15) is 13.3 Å². The Bertz CT molecular complexity index is 387. The molecule has 0 aromatic heterocycles. The lowest BCUT2D eigenvalue weighted by molar-refractivity contribution is -0.135. The summed E-state index contributed by atoms with van der Waals surface area (Å²) < 4.78 is 0. The summed E-state index contributed by atoms with van der Waals surface area (Å²) in [5, 5.41) is 2.79. The van der Waals surface area contributed by atoms with Gasteiger partial charge in [-0.1, -0.05) is 19.1 Å². The van der Waals surface area contributed by atoms with Crippen LogP contribution in [-0.4, -0.2) is 58.9 Å². The highest BCUT2D eigenvalue weighted by molar-refractivity contribution is 7.80. The zero-order chi connectivity index (χ0) is 13.3. The Hall–Kier alpha value is -1.37. The Balaban J connectivity index is 2.01. The molecule has 2 unspecified atom stereocenters. The molecule has 2 saturated heterocycles. The number of hydrogen-bond acceptors (Lipinski definition) is 3. The predicted octanol–water partition coefficient (Wildman–Crippen LogP) is -0.465. The Morgan fingerprint density at radius 2 is 2.33 bits per heavy atom. The number of urea groups is 1. The Kier molecular flexibility index (Phi) is 3.70. The topological polar surface area (TPSA) is 78.7 Å². The van der Waals surface area contributed by atoms with Crippen LogP contribution in [0.4, 0.5) is 4.79 Å². The minimum Gasteiger partial charge on any atom is -0.393 e. The summed E-state index contributed by atoms with van der Waals surface area (Å²) in [6.45, 7) is 4.21. The zero-order valence-corrected chi connectivity index (χ0v) is 11.2. The lowest BCUT2D eigenvalue weighted by atomic mass is 10.0. The van der Waals surface area contributed by atoms with Gasteiger partial charge in [0.2, 0.25) is 5.91 Å². The molecule has 0 saturated carbocycles. The van der Waals surface area contributed by atoms with Crippen molar-refractivity contribution in [1.29, 1.82) is 0 Å². The number of carbonyl (C=O) groups is 2. The molecular formula is C11H18N4O2S. The molecule has 0 bridgehead atoms. The molecule has 2 atom stereocenters. The lowest BCUT2D eigenvalue weighted by Gasteiger charge is -2.37. The highest BCUT2D eigenvalue weighted by Gasteiger charge is 2.38. The van der Waals surface area contributed by atoms with E-state index in [1.54, 1.807) is 9.80 Å². The third-order valence-corrected chi connectivity index (χ3v) is 3.88. The fourth-order valence-electron chi connectivity index (χ4n) is 2.52. The van der Waals surface area contributed by atoms with Gasteiger partial charge in [-0.3, -0.25) is 4.79 Å². The van der Waals surface area contributed by atoms with Crippen LogP contribution in [0.15, 0.2) is 0 Å². The number of piperazine rings is 1. The third kappa shape index (κ3) is 2.27. The second-order valence-electron chi connectivity index (χ2n) is 4.68. The number of nitrogens with zero attached hydrogens (tertiary/aromatic N) is 2. The van der Waals surface area contributed by atoms with Crippen LogP contribution in [0.5, 0.6) is 0 Å². The molecule has 7 heteroatoms. The van der Waals surface area contributed by atoms with E-state index in [4.69, 9.17) is 18.0 Å². The molecule has 18 heavy (non-hydrogen) atoms. The number of carbonyl (C=O) groups excluding carboxylic acids is 2. The molecule has 100 valence electrons. The molecule has 0 aromatic rings. The van der Waals surface area contributed by atoms with E-state index >= 15 is 0 Å². The molecule has 0 spiro atoms. The Morgan fingerprint density at radius 3 is 2.94 bits per heavy atom. The number of thiocarbonyl (C=S) groups is 1. The van der Waals surface area contributed by atoms with Crippen molar-refractivity contribution >= 4 is 29.1 Å². The fourth-order valence-corrected chi connectivity index (χ4v) is 2.79. The average molecular weight is 270 g/mol. The molecule has 2 aliphatic rings. The van der Waals surface area contributed by atoms with Crippen molar-refractivity contribution in [3.63, 3.8) is 0 Å². The van der Waals surface area contributed by atoms with Crippen LogP contribution in [0.25, 0.3) is 0 Å². The van der Waals surface area contributed by atoms with E-state index < -0.39 is 0 Å². The highest BCUT2D eigenvalue weighted by Crippen LogP contribution is 2.17. The number of fused-ring (bicyclic) bond motifs is 1. The standard InChI is InChI=1S/C11H18N4O2S/c1-2-8(9(12)18)10(16)14-3-4-15-7(6-14)5-13-11(15)17/h7-8H,2-6H2,1H3,(H2,12,18)(H,13,17). The minimum absolute atomic E-state index is 0.0102. The van der Waals surface area contributed by atoms with Gasteiger partial charge in [-0.05, 0) is 6.42 Å². The number of nitrogens with one attached hydrogen (secondary N) is 1. The molecule has 0 aromatic carbocycles. The summed E-state index contributed by atoms with van der Waals surface area (Å²) in [6.07, 6.45) is 0.621. The molecule has 2 aliphatic heterocycles. The Morgan fingerprint density at radius 1 is 1.61 bits per heavy atom. The van der Waals surface area contributed by atoms with Gasteiger partial charge < -0.3 is 20.9 Å². The van der Waals surface area contributed by atoms with Crippen molar-refractivity contribution in [2.45, 2.75) is 19.4 Å². The van der Waals surface area contributed by atoms with Crippen LogP contribution in [0.2, 0.25) is 0 Å². The predicted molar refractivity (Wildman–Crippen MR) is 71.0 cm³/mol. The second kappa shape index (κ2) is 5.09. The first-order valence-corrected chi connectivity index (χ1v) is 6.58. The van der Waals surface area contributed by atoms with Gasteiger partial charge in [0.05, 0.1) is 16.9 Å². The molecule has 2 fully saturated rings. The zero-order valence-electron chi connectivity index (χ0n) is 10.4. The van der Waals surface area contributed by atoms with Crippen LogP contribution in [0, 0.1) is 5.92 Å². The van der Waals surface area contributed by atoms with Crippen molar-refractivity contribution in [3.05, 3.63) is 0 Å². The van der Waals surface area contributed by atoms with Crippen LogP contribution < -0.4 is 11.1 Å². The van der Waals surface area contributed by atoms with Crippen LogP contribution in [-0.2, 0) is 4.79 Å². The van der Waals surface area contributed by atoms with Gasteiger partial charge in [0.15, 0.2) is 0 Å². The normalized spacial score (nSPS) is 24.5. The number of nitrogens with two attached hydrogens (primary N) is 1. The summed E-state index contributed by atoms with van der Waals surface area (Å²) in [7, 11) is 0. The van der Waals surface area contributed by atoms with Crippen molar-refractivity contribution in [2.24, 2.45) is 11.7 Å². The second-order valence-corrected chi connectivity index (χ2v) is 5.15. The number of hydrogen-bond donors (Lipinski definition) is 2. The highest BCUT2D eigenvalue weighted by atomic mass is 32.1. The third-order valence-electron chi connectivity index (χ3n) is 3.59. The van der Waals surface area contributed by atoms with Crippen molar-refractivity contribution < 1.29 is 9.59 Å². The van der Waals surface area contributed by atoms with E-state index in [1.807, 2.05) is 6.92 Å². The Labute approximate surface area is 111 Å². The van der Waals surface area contributed by atoms with E-state index in [0.29, 0.717) is 32.6 Å². The smallest absolute Gasteiger partial charge is 0.317 e. The van der Waals surface area contributed by atoms with Gasteiger partial charge in [0.25, 0.3) is 0 Å². The molecule has 6 nitrogen and oxygen atoms in total. The fraction of sp³-hybridized carbons (Fsp3) is 0.727. The molecule has 2 heterocycles. The molecule has 0 radical (unpaired) electrons. The van der Waals surface area contributed by atoms with Gasteiger partial charge in [0.1, 0.15) is 0 Å². The first-order valence-electron chi connectivity index (χ1n) is 6.17. The lowest BCUT2D eigenvalue weighted by Crippen LogP contribution is -2.55. The maximum atomic E-state index is 12.3. The molecular weight excluding hydrogens is 252 g/mol. The van der Waals surface area contributed by atoms with Crippen LogP contribution in [0.3, 0.4) is 0 Å². The summed E-state index contributed by atoms with van der Waals surface area (Å²) in [6, 6.07) is 0.0486. The van der Waals surface area contributed by atoms with Gasteiger partial charge >= 0.3 is 6.03 Å². The largest absolute Gasteiger partial charge is 0.393 e. The van der Waals surface area contributed by atoms with E-state index in [2.05, 4.69) is 5.32 Å². The van der Waals surface area contributed by atoms with Crippen molar-refractivity contribution in [3.8, 4) is 0 Å². The maximum Gasteiger partial charge on any atom is 0.317 e. The molecule has 3 N–H and O–H groups in total. The average Bonchev–Trinajstić information content (AvgIpc) is 2.71. The van der Waals surface area contributed by atoms with Gasteiger partial charge in [-0.2, -0.15) is 0 Å². The molecule has 3 amide bonds. The van der Waals surface area contributed by atoms with Crippen molar-refractivity contribution in [2.75, 3.05) is 26.2 Å². The van der Waals surface area contributed by atoms with E-state index in [9.17, 15) is 9.59 Å². The quantitative estimate of drug-likeness (QED) is 0.680. The minimum atomic E-state index is -0.378. The van der Waals surface area contributed by atoms with E-state index in [1.165, 1.54) is 0 Å². The van der Waals surface area contributed by atoms with E-state index in [0.717, 1.165) is 0 Å². The van der Waals surface area contributed by atoms with Crippen molar-refractivity contribution in [1.82, 2.24) is 15.1 Å². The number of rotatable bonds is 3. The first-order chi connectivity index (χ1) is 8.54. The molecule has 0 aliphatic carbocycles. The number of amides is 3. The molecule has 2 rings (SSSR count). The SMILES string of the molecule is CCC(C(=O)N1CCN2C(=O)NCC2C1)C(N)=S. The summed E-state index contributed by atoms with van der Waals surface area (Å²) in [5.74, 6) is -0.388. The van der Waals surface area contributed by atoms with Gasteiger partial charge in [-0.25, -0.2) is 4.79 Å². The van der Waals surface area contributed by atoms with Gasteiger partial charge in [0, 0.05) is 26.2 Å². The van der Waals surface area contributed by atoms with Gasteiger partial charge in [-0.15, -0.1) is 0 Å². The monoisotopic (exact) mass is 270 g/mol. The van der Waals surface area contributed by atoms with E-state index in [-0.39, 0.29) is 28.9 Å². The van der Waals surface area contributed by atoms with Crippen LogP contribution >= 0.6 is 12.2 Å². The first kappa shape index (κ1) is 13.1. The maximum absolute atomic E-state index is 12.3. The summed E-state index contributed by atoms with van der Waals surface area (Å²) in [5.41, 5.74) is 5.59.